The predicted molar refractivity (Wildman–Crippen MR) is 60.9 cm³/mol. The lowest BCUT2D eigenvalue weighted by Gasteiger charge is -2.14. The van der Waals surface area contributed by atoms with Crippen LogP contribution in [0.5, 0.6) is 0 Å². The van der Waals surface area contributed by atoms with Crippen LogP contribution in [0.15, 0.2) is 16.7 Å². The second-order valence-corrected chi connectivity index (χ2v) is 4.25. The van der Waals surface area contributed by atoms with Crippen LogP contribution in [0, 0.1) is 6.92 Å². The van der Waals surface area contributed by atoms with E-state index in [1.165, 1.54) is 0 Å². The van der Waals surface area contributed by atoms with E-state index in [1.54, 1.807) is 6.26 Å². The molecule has 4 nitrogen and oxygen atoms in total. The van der Waals surface area contributed by atoms with Crippen molar-refractivity contribution in [1.29, 1.82) is 0 Å². The van der Waals surface area contributed by atoms with Gasteiger partial charge in [-0.25, -0.2) is 0 Å². The second kappa shape index (κ2) is 5.16. The minimum Gasteiger partial charge on any atom is -0.468 e. The number of carbonyl (C=O) groups is 1. The average Bonchev–Trinajstić information content (AvgIpc) is 2.56. The third kappa shape index (κ3) is 2.64. The minimum atomic E-state index is -0.0769. The van der Waals surface area contributed by atoms with Crippen LogP contribution in [0.4, 0.5) is 0 Å². The van der Waals surface area contributed by atoms with Crippen LogP contribution in [-0.4, -0.2) is 18.5 Å². The fourth-order valence-corrected chi connectivity index (χ4v) is 1.94. The monoisotopic (exact) mass is 222 g/mol. The van der Waals surface area contributed by atoms with Crippen LogP contribution < -0.4 is 10.6 Å². The average molecular weight is 222 g/mol. The molecule has 1 aromatic rings. The molecule has 0 aromatic carbocycles. The molecule has 1 atom stereocenters. The smallest absolute Gasteiger partial charge is 0.237 e. The van der Waals surface area contributed by atoms with Crippen LogP contribution >= 0.6 is 0 Å². The molecule has 1 aliphatic heterocycles. The first-order chi connectivity index (χ1) is 7.77. The van der Waals surface area contributed by atoms with Gasteiger partial charge in [-0.1, -0.05) is 0 Å². The summed E-state index contributed by atoms with van der Waals surface area (Å²) < 4.78 is 5.33. The Kier molecular flexibility index (Phi) is 3.62. The molecule has 0 aliphatic carbocycles. The number of hydrogen-bond acceptors (Lipinski definition) is 3. The van der Waals surface area contributed by atoms with E-state index in [-0.39, 0.29) is 11.9 Å². The number of amides is 1. The van der Waals surface area contributed by atoms with Crippen molar-refractivity contribution in [2.45, 2.75) is 38.8 Å². The Hall–Kier alpha value is -1.29. The van der Waals surface area contributed by atoms with Crippen molar-refractivity contribution in [3.05, 3.63) is 23.7 Å². The summed E-state index contributed by atoms with van der Waals surface area (Å²) in [6, 6.07) is 1.86. The summed E-state index contributed by atoms with van der Waals surface area (Å²) in [5, 5.41) is 6.16. The number of hydrogen-bond donors (Lipinski definition) is 2. The molecule has 2 N–H and O–H groups in total. The Bertz CT molecular complexity index is 360. The van der Waals surface area contributed by atoms with Gasteiger partial charge in [0.2, 0.25) is 5.91 Å². The van der Waals surface area contributed by atoms with Crippen molar-refractivity contribution < 1.29 is 9.21 Å². The predicted octanol–water partition coefficient (Wildman–Crippen LogP) is 1.35. The Morgan fingerprint density at radius 3 is 3.19 bits per heavy atom. The van der Waals surface area contributed by atoms with Gasteiger partial charge >= 0.3 is 0 Å². The summed E-state index contributed by atoms with van der Waals surface area (Å²) in [7, 11) is 0. The Morgan fingerprint density at radius 2 is 2.44 bits per heavy atom. The first kappa shape index (κ1) is 11.2. The molecule has 16 heavy (non-hydrogen) atoms. The van der Waals surface area contributed by atoms with E-state index in [0.717, 1.165) is 37.1 Å². The molecule has 1 aliphatic rings. The first-order valence-corrected chi connectivity index (χ1v) is 5.81. The number of furan rings is 1. The summed E-state index contributed by atoms with van der Waals surface area (Å²) in [4.78, 5) is 11.7. The van der Waals surface area contributed by atoms with Crippen LogP contribution in [0.1, 0.15) is 30.6 Å². The zero-order valence-electron chi connectivity index (χ0n) is 9.58. The summed E-state index contributed by atoms with van der Waals surface area (Å²) in [6.45, 7) is 3.43. The summed E-state index contributed by atoms with van der Waals surface area (Å²) in [5.74, 6) is 1.03. The largest absolute Gasteiger partial charge is 0.468 e. The number of nitrogens with one attached hydrogen (secondary N) is 2. The lowest BCUT2D eigenvalue weighted by atomic mass is 10.1. The van der Waals surface area contributed by atoms with Crippen molar-refractivity contribution in [3.63, 3.8) is 0 Å². The quantitative estimate of drug-likeness (QED) is 0.811. The van der Waals surface area contributed by atoms with Gasteiger partial charge in [-0.2, -0.15) is 0 Å². The SMILES string of the molecule is Cc1ccoc1CNC1CCCCNC1=O. The first-order valence-electron chi connectivity index (χ1n) is 5.81. The van der Waals surface area contributed by atoms with E-state index >= 15 is 0 Å². The van der Waals surface area contributed by atoms with E-state index in [9.17, 15) is 4.79 Å². The van der Waals surface area contributed by atoms with Crippen LogP contribution in [0.2, 0.25) is 0 Å². The van der Waals surface area contributed by atoms with E-state index < -0.39 is 0 Å². The third-order valence-corrected chi connectivity index (χ3v) is 3.01. The molecule has 1 fully saturated rings. The highest BCUT2D eigenvalue weighted by Gasteiger charge is 2.20. The van der Waals surface area contributed by atoms with Crippen LogP contribution in [0.25, 0.3) is 0 Å². The van der Waals surface area contributed by atoms with E-state index in [2.05, 4.69) is 10.6 Å². The minimum absolute atomic E-state index is 0.0769. The van der Waals surface area contributed by atoms with E-state index in [0.29, 0.717) is 6.54 Å². The van der Waals surface area contributed by atoms with Crippen molar-refractivity contribution in [1.82, 2.24) is 10.6 Å². The molecule has 88 valence electrons. The number of rotatable bonds is 3. The second-order valence-electron chi connectivity index (χ2n) is 4.25. The Balaban J connectivity index is 1.89. The standard InChI is InChI=1S/C12H18N2O2/c1-9-5-7-16-11(9)8-14-10-4-2-3-6-13-12(10)15/h5,7,10,14H,2-4,6,8H2,1H3,(H,13,15). The Morgan fingerprint density at radius 1 is 1.56 bits per heavy atom. The highest BCUT2D eigenvalue weighted by atomic mass is 16.3. The van der Waals surface area contributed by atoms with Crippen LogP contribution in [-0.2, 0) is 11.3 Å². The van der Waals surface area contributed by atoms with E-state index in [1.807, 2.05) is 13.0 Å². The molecule has 2 heterocycles. The van der Waals surface area contributed by atoms with Gasteiger partial charge in [-0.15, -0.1) is 0 Å². The fourth-order valence-electron chi connectivity index (χ4n) is 1.94. The third-order valence-electron chi connectivity index (χ3n) is 3.01. The van der Waals surface area contributed by atoms with Gasteiger partial charge in [0.15, 0.2) is 0 Å². The number of aryl methyl sites for hydroxylation is 1. The van der Waals surface area contributed by atoms with Gasteiger partial charge < -0.3 is 9.73 Å². The van der Waals surface area contributed by atoms with Gasteiger partial charge in [0, 0.05) is 6.54 Å². The van der Waals surface area contributed by atoms with Crippen LogP contribution in [0.3, 0.4) is 0 Å². The molecule has 2 rings (SSSR count). The molecular formula is C12H18N2O2. The molecule has 4 heteroatoms. The molecule has 1 saturated heterocycles. The molecule has 0 saturated carbocycles. The number of carbonyl (C=O) groups excluding carboxylic acids is 1. The summed E-state index contributed by atoms with van der Waals surface area (Å²) >= 11 is 0. The van der Waals surface area contributed by atoms with Gasteiger partial charge in [0.25, 0.3) is 0 Å². The van der Waals surface area contributed by atoms with Gasteiger partial charge in [-0.05, 0) is 37.8 Å². The molecular weight excluding hydrogens is 204 g/mol. The molecule has 0 radical (unpaired) electrons. The normalized spacial score (nSPS) is 21.6. The summed E-state index contributed by atoms with van der Waals surface area (Å²) in [5.41, 5.74) is 1.13. The lowest BCUT2D eigenvalue weighted by Crippen LogP contribution is -2.42. The maximum atomic E-state index is 11.7. The van der Waals surface area contributed by atoms with Gasteiger partial charge in [-0.3, -0.25) is 10.1 Å². The van der Waals surface area contributed by atoms with Crippen molar-refractivity contribution in [2.75, 3.05) is 6.54 Å². The van der Waals surface area contributed by atoms with Gasteiger partial charge in [0.1, 0.15) is 5.76 Å². The molecule has 1 amide bonds. The van der Waals surface area contributed by atoms with Crippen molar-refractivity contribution in [2.24, 2.45) is 0 Å². The zero-order chi connectivity index (χ0) is 11.4. The maximum absolute atomic E-state index is 11.7. The highest BCUT2D eigenvalue weighted by molar-refractivity contribution is 5.81. The lowest BCUT2D eigenvalue weighted by molar-refractivity contribution is -0.122. The van der Waals surface area contributed by atoms with Crippen molar-refractivity contribution >= 4 is 5.91 Å². The van der Waals surface area contributed by atoms with Crippen molar-refractivity contribution in [3.8, 4) is 0 Å². The molecule has 0 spiro atoms. The van der Waals surface area contributed by atoms with Gasteiger partial charge in [0.05, 0.1) is 18.8 Å². The fraction of sp³-hybridized carbons (Fsp3) is 0.583. The topological polar surface area (TPSA) is 54.3 Å². The zero-order valence-corrected chi connectivity index (χ0v) is 9.58. The maximum Gasteiger partial charge on any atom is 0.237 e. The molecule has 1 unspecified atom stereocenters. The van der Waals surface area contributed by atoms with E-state index in [4.69, 9.17) is 4.42 Å². The Labute approximate surface area is 95.4 Å². The molecule has 1 aromatic heterocycles. The summed E-state index contributed by atoms with van der Waals surface area (Å²) in [6.07, 6.45) is 4.75. The molecule has 0 bridgehead atoms. The highest BCUT2D eigenvalue weighted by Crippen LogP contribution is 2.10.